The summed E-state index contributed by atoms with van der Waals surface area (Å²) in [7, 11) is 0. The van der Waals surface area contributed by atoms with Crippen molar-refractivity contribution in [2.75, 3.05) is 32.7 Å². The van der Waals surface area contributed by atoms with Crippen LogP contribution in [0.2, 0.25) is 0 Å². The zero-order valence-electron chi connectivity index (χ0n) is 17.2. The first kappa shape index (κ1) is 21.3. The Bertz CT molecular complexity index is 725. The Balaban J connectivity index is 1.49. The summed E-state index contributed by atoms with van der Waals surface area (Å²) < 4.78 is 0. The number of nitrogens with one attached hydrogen (secondary N) is 1. The Morgan fingerprint density at radius 1 is 1.14 bits per heavy atom. The maximum Gasteiger partial charge on any atom is 0.245 e. The van der Waals surface area contributed by atoms with Crippen LogP contribution in [-0.2, 0) is 14.4 Å². The van der Waals surface area contributed by atoms with Gasteiger partial charge in [-0.3, -0.25) is 14.4 Å². The van der Waals surface area contributed by atoms with Crippen molar-refractivity contribution in [3.05, 3.63) is 42.3 Å². The van der Waals surface area contributed by atoms with Crippen molar-refractivity contribution < 1.29 is 14.4 Å². The molecule has 4 atom stereocenters. The number of likely N-dealkylation sites (tertiary alicyclic amines) is 2. The smallest absolute Gasteiger partial charge is 0.245 e. The fourth-order valence-electron chi connectivity index (χ4n) is 4.44. The van der Waals surface area contributed by atoms with Crippen LogP contribution in [0.15, 0.2) is 30.3 Å². The molecule has 2 aliphatic heterocycles. The lowest BCUT2D eigenvalue weighted by Gasteiger charge is -2.28. The maximum atomic E-state index is 13.0. The van der Waals surface area contributed by atoms with Gasteiger partial charge in [0.05, 0.1) is 5.92 Å². The predicted molar refractivity (Wildman–Crippen MR) is 110 cm³/mol. The molecule has 157 valence electrons. The van der Waals surface area contributed by atoms with Crippen LogP contribution in [-0.4, -0.2) is 66.3 Å². The summed E-state index contributed by atoms with van der Waals surface area (Å²) in [6.07, 6.45) is 3.26. The lowest BCUT2D eigenvalue weighted by Crippen LogP contribution is -2.53. The number of rotatable bonds is 8. The zero-order valence-corrected chi connectivity index (χ0v) is 17.2. The van der Waals surface area contributed by atoms with E-state index in [2.05, 4.69) is 28.8 Å². The number of amides is 3. The van der Waals surface area contributed by atoms with E-state index in [-0.39, 0.29) is 11.8 Å². The molecular weight excluding hydrogens is 368 g/mol. The number of fused-ring (bicyclic) bond motifs is 1. The molecule has 3 rings (SSSR count). The summed E-state index contributed by atoms with van der Waals surface area (Å²) in [5.74, 6) is -0.981. The minimum atomic E-state index is -0.889. The lowest BCUT2D eigenvalue weighted by molar-refractivity contribution is -0.139. The molecule has 2 saturated heterocycles. The molecule has 0 saturated carbocycles. The van der Waals surface area contributed by atoms with Gasteiger partial charge in [0.1, 0.15) is 6.04 Å². The van der Waals surface area contributed by atoms with Gasteiger partial charge in [-0.05, 0) is 36.8 Å². The molecule has 0 aliphatic carbocycles. The first-order valence-electron chi connectivity index (χ1n) is 10.3. The van der Waals surface area contributed by atoms with Crippen LogP contribution in [0.1, 0.15) is 25.8 Å². The molecule has 3 N–H and O–H groups in total. The van der Waals surface area contributed by atoms with Crippen molar-refractivity contribution in [3.8, 4) is 0 Å². The average Bonchev–Trinajstić information content (AvgIpc) is 3.24. The van der Waals surface area contributed by atoms with E-state index in [0.29, 0.717) is 24.9 Å². The van der Waals surface area contributed by atoms with Gasteiger partial charge >= 0.3 is 0 Å². The van der Waals surface area contributed by atoms with Gasteiger partial charge in [-0.15, -0.1) is 0 Å². The molecule has 2 aliphatic rings. The molecular formula is C22H31N4O3. The molecule has 0 aromatic heterocycles. The molecule has 0 bridgehead atoms. The van der Waals surface area contributed by atoms with Crippen molar-refractivity contribution >= 4 is 17.7 Å². The van der Waals surface area contributed by atoms with E-state index in [1.54, 1.807) is 11.8 Å². The van der Waals surface area contributed by atoms with E-state index < -0.39 is 17.9 Å². The highest BCUT2D eigenvalue weighted by Gasteiger charge is 2.44. The fourth-order valence-corrected chi connectivity index (χ4v) is 4.44. The van der Waals surface area contributed by atoms with E-state index in [1.807, 2.05) is 18.2 Å². The molecule has 7 heteroatoms. The Labute approximate surface area is 172 Å². The largest absolute Gasteiger partial charge is 0.369 e. The van der Waals surface area contributed by atoms with Crippen LogP contribution in [0, 0.1) is 24.2 Å². The van der Waals surface area contributed by atoms with Gasteiger partial charge in [0.2, 0.25) is 17.7 Å². The third-order valence-electron chi connectivity index (χ3n) is 6.07. The minimum absolute atomic E-state index is 0.204. The number of primary amides is 1. The maximum absolute atomic E-state index is 13.0. The summed E-state index contributed by atoms with van der Waals surface area (Å²) >= 11 is 0. The van der Waals surface area contributed by atoms with Crippen LogP contribution in [0.3, 0.4) is 0 Å². The van der Waals surface area contributed by atoms with Crippen molar-refractivity contribution in [2.24, 2.45) is 23.5 Å². The number of nitrogens with zero attached hydrogens (tertiary/aromatic N) is 2. The molecule has 1 aromatic carbocycles. The highest BCUT2D eigenvalue weighted by Crippen LogP contribution is 2.32. The number of carbonyl (C=O) groups excluding carboxylic acids is 3. The second kappa shape index (κ2) is 9.39. The summed E-state index contributed by atoms with van der Waals surface area (Å²) in [5.41, 5.74) is 6.62. The first-order chi connectivity index (χ1) is 13.8. The number of nitrogens with two attached hydrogens (primary N) is 1. The number of hydrogen-bond donors (Lipinski definition) is 2. The summed E-state index contributed by atoms with van der Waals surface area (Å²) in [6, 6.07) is 9.45. The molecule has 1 radical (unpaired) electrons. The van der Waals surface area contributed by atoms with Gasteiger partial charge < -0.3 is 20.9 Å². The second-order valence-corrected chi connectivity index (χ2v) is 8.30. The van der Waals surface area contributed by atoms with Crippen LogP contribution < -0.4 is 11.1 Å². The molecule has 0 spiro atoms. The van der Waals surface area contributed by atoms with Gasteiger partial charge in [-0.2, -0.15) is 0 Å². The van der Waals surface area contributed by atoms with Crippen LogP contribution in [0.4, 0.5) is 0 Å². The van der Waals surface area contributed by atoms with E-state index in [1.165, 1.54) is 12.5 Å². The third-order valence-corrected chi connectivity index (χ3v) is 6.07. The predicted octanol–water partition coefficient (Wildman–Crippen LogP) is 0.645. The van der Waals surface area contributed by atoms with Crippen molar-refractivity contribution in [2.45, 2.75) is 26.3 Å². The van der Waals surface area contributed by atoms with Crippen LogP contribution in [0.25, 0.3) is 0 Å². The number of carbonyl (C=O) groups is 3. The van der Waals surface area contributed by atoms with E-state index in [9.17, 15) is 14.4 Å². The topological polar surface area (TPSA) is 95.7 Å². The highest BCUT2D eigenvalue weighted by molar-refractivity contribution is 5.92. The molecule has 3 amide bonds. The van der Waals surface area contributed by atoms with Gasteiger partial charge in [0, 0.05) is 33.1 Å². The minimum Gasteiger partial charge on any atom is -0.369 e. The van der Waals surface area contributed by atoms with E-state index in [4.69, 9.17) is 5.73 Å². The van der Waals surface area contributed by atoms with E-state index in [0.717, 1.165) is 26.1 Å². The molecule has 29 heavy (non-hydrogen) atoms. The van der Waals surface area contributed by atoms with Crippen molar-refractivity contribution in [3.63, 3.8) is 0 Å². The highest BCUT2D eigenvalue weighted by atomic mass is 16.2. The third kappa shape index (κ3) is 5.35. The Morgan fingerprint density at radius 3 is 2.31 bits per heavy atom. The van der Waals surface area contributed by atoms with Crippen LogP contribution >= 0.6 is 0 Å². The number of hydrogen-bond acceptors (Lipinski definition) is 4. The summed E-state index contributed by atoms with van der Waals surface area (Å²) in [6.45, 7) is 7.25. The Kier molecular flexibility index (Phi) is 6.90. The molecule has 7 nitrogen and oxygen atoms in total. The summed E-state index contributed by atoms with van der Waals surface area (Å²) in [4.78, 5) is 40.3. The summed E-state index contributed by atoms with van der Waals surface area (Å²) in [5, 5.41) is 2.61. The van der Waals surface area contributed by atoms with Gasteiger partial charge in [0.25, 0.3) is 0 Å². The standard InChI is InChI=1S/C22H31N4O3/c1-15(21(23)28)20(24-16(2)27)22(29)26-13-18-11-25(12-19(18)14-26)10-6-9-17-7-4-3-5-8-17/h3-5,7-9,15,18-20H,6,10-14H2,1-2H3,(H2,23,28)(H,24,27)/t15?,18-,19?,20+/m0/s1. The number of benzene rings is 1. The van der Waals surface area contributed by atoms with Gasteiger partial charge in [0.15, 0.2) is 0 Å². The normalized spacial score (nSPS) is 23.4. The molecule has 2 unspecified atom stereocenters. The molecule has 2 heterocycles. The first-order valence-corrected chi connectivity index (χ1v) is 10.3. The van der Waals surface area contributed by atoms with Crippen molar-refractivity contribution in [1.29, 1.82) is 0 Å². The molecule has 1 aromatic rings. The van der Waals surface area contributed by atoms with E-state index >= 15 is 0 Å². The zero-order chi connectivity index (χ0) is 21.0. The molecule has 2 fully saturated rings. The monoisotopic (exact) mass is 399 g/mol. The Hall–Kier alpha value is -2.41. The second-order valence-electron chi connectivity index (χ2n) is 8.30. The quantitative estimate of drug-likeness (QED) is 0.671. The Morgan fingerprint density at radius 2 is 1.76 bits per heavy atom. The lowest BCUT2D eigenvalue weighted by atomic mass is 10.00. The van der Waals surface area contributed by atoms with Crippen LogP contribution in [0.5, 0.6) is 0 Å². The van der Waals surface area contributed by atoms with Gasteiger partial charge in [-0.25, -0.2) is 0 Å². The van der Waals surface area contributed by atoms with Gasteiger partial charge in [-0.1, -0.05) is 37.3 Å². The van der Waals surface area contributed by atoms with Crippen molar-refractivity contribution in [1.82, 2.24) is 15.1 Å². The fraction of sp³-hybridized carbons (Fsp3) is 0.545. The average molecular weight is 400 g/mol. The SMILES string of the molecule is CC(=O)N[C@@H](C(=O)N1CC2CN(CC[CH]c3ccccc3)C[C@H]2C1)C(C)C(N)=O.